The summed E-state index contributed by atoms with van der Waals surface area (Å²) in [6, 6.07) is 14.3. The first kappa shape index (κ1) is 17.8. The second-order valence-electron chi connectivity index (χ2n) is 7.01. The minimum atomic E-state index is -0.583. The van der Waals surface area contributed by atoms with Crippen molar-refractivity contribution >= 4 is 36.0 Å². The summed E-state index contributed by atoms with van der Waals surface area (Å²) >= 11 is 4.09. The molecule has 0 aromatic heterocycles. The molecule has 0 radical (unpaired) electrons. The van der Waals surface area contributed by atoms with Crippen LogP contribution in [0.4, 0.5) is 5.69 Å². The van der Waals surface area contributed by atoms with Crippen molar-refractivity contribution in [3.63, 3.8) is 0 Å². The molecule has 0 bridgehead atoms. The van der Waals surface area contributed by atoms with Gasteiger partial charge in [0, 0.05) is 31.0 Å². The lowest BCUT2D eigenvalue weighted by Gasteiger charge is -2.14. The molecule has 0 spiro atoms. The van der Waals surface area contributed by atoms with Crippen LogP contribution in [-0.4, -0.2) is 34.4 Å². The Labute approximate surface area is 163 Å². The number of fused-ring (bicyclic) bond motifs is 3. The van der Waals surface area contributed by atoms with Crippen molar-refractivity contribution < 1.29 is 14.4 Å². The summed E-state index contributed by atoms with van der Waals surface area (Å²) in [4.78, 5) is 37.0. The van der Waals surface area contributed by atoms with Crippen LogP contribution < -0.4 is 5.32 Å². The molecule has 1 fully saturated rings. The van der Waals surface area contributed by atoms with Crippen LogP contribution in [-0.2, 0) is 14.4 Å². The number of nitrogens with zero attached hydrogens (tertiary/aromatic N) is 1. The highest BCUT2D eigenvalue weighted by atomic mass is 32.1. The number of anilines is 1. The van der Waals surface area contributed by atoms with E-state index in [0.29, 0.717) is 0 Å². The number of carbonyl (C=O) groups is 3. The van der Waals surface area contributed by atoms with E-state index in [1.807, 2.05) is 30.3 Å². The van der Waals surface area contributed by atoms with Crippen LogP contribution in [0.25, 0.3) is 11.1 Å². The van der Waals surface area contributed by atoms with Gasteiger partial charge in [-0.05, 0) is 34.4 Å². The van der Waals surface area contributed by atoms with Crippen LogP contribution in [0.5, 0.6) is 0 Å². The highest BCUT2D eigenvalue weighted by molar-refractivity contribution is 7.81. The topological polar surface area (TPSA) is 66.5 Å². The summed E-state index contributed by atoms with van der Waals surface area (Å²) < 4.78 is 0. The van der Waals surface area contributed by atoms with Gasteiger partial charge in [0.15, 0.2) is 0 Å². The van der Waals surface area contributed by atoms with Crippen LogP contribution >= 0.6 is 12.6 Å². The van der Waals surface area contributed by atoms with E-state index in [2.05, 4.69) is 37.0 Å². The smallest absolute Gasteiger partial charge is 0.242 e. The van der Waals surface area contributed by atoms with Crippen LogP contribution in [0.15, 0.2) is 42.5 Å². The number of benzene rings is 2. The third-order valence-corrected chi connectivity index (χ3v) is 5.71. The molecule has 27 heavy (non-hydrogen) atoms. The molecule has 3 amide bonds. The minimum Gasteiger partial charge on any atom is -0.326 e. The standard InChI is InChI=1S/C21H20N2O3S/c1-12-14-4-2-3-5-15(14)16-7-6-13(10-17(12)16)22-19(24)8-9-23-20(25)11-18(27)21(23)26/h2-7,10,12,18,27H,8-9,11H2,1H3,(H,22,24). The molecule has 2 aromatic rings. The van der Waals surface area contributed by atoms with Crippen LogP contribution in [0.3, 0.4) is 0 Å². The predicted octanol–water partition coefficient (Wildman–Crippen LogP) is 3.20. The Hall–Kier alpha value is -2.60. The molecule has 1 aliphatic heterocycles. The van der Waals surface area contributed by atoms with E-state index in [9.17, 15) is 14.4 Å². The summed E-state index contributed by atoms with van der Waals surface area (Å²) in [5.41, 5.74) is 5.65. The van der Waals surface area contributed by atoms with Gasteiger partial charge in [-0.15, -0.1) is 0 Å². The maximum Gasteiger partial charge on any atom is 0.242 e. The zero-order valence-electron chi connectivity index (χ0n) is 14.9. The van der Waals surface area contributed by atoms with E-state index in [1.54, 1.807) is 0 Å². The van der Waals surface area contributed by atoms with Gasteiger partial charge in [-0.2, -0.15) is 12.6 Å². The van der Waals surface area contributed by atoms with Gasteiger partial charge in [0.25, 0.3) is 0 Å². The quantitative estimate of drug-likeness (QED) is 0.632. The first-order valence-corrected chi connectivity index (χ1v) is 9.52. The van der Waals surface area contributed by atoms with E-state index in [4.69, 9.17) is 0 Å². The molecule has 1 saturated heterocycles. The fraction of sp³-hybridized carbons (Fsp3) is 0.286. The lowest BCUT2D eigenvalue weighted by atomic mass is 9.99. The Balaban J connectivity index is 1.43. The molecule has 1 aliphatic carbocycles. The zero-order chi connectivity index (χ0) is 19.1. The Bertz CT molecular complexity index is 956. The number of imide groups is 1. The van der Waals surface area contributed by atoms with Gasteiger partial charge in [0.1, 0.15) is 0 Å². The molecule has 4 rings (SSSR count). The van der Waals surface area contributed by atoms with Gasteiger partial charge in [-0.3, -0.25) is 19.3 Å². The summed E-state index contributed by atoms with van der Waals surface area (Å²) in [6.07, 6.45) is 0.178. The molecule has 0 saturated carbocycles. The van der Waals surface area contributed by atoms with E-state index in [0.717, 1.165) is 10.6 Å². The summed E-state index contributed by atoms with van der Waals surface area (Å²) in [5.74, 6) is -0.529. The third kappa shape index (κ3) is 3.14. The van der Waals surface area contributed by atoms with E-state index in [1.165, 1.54) is 22.3 Å². The van der Waals surface area contributed by atoms with Crippen molar-refractivity contribution in [2.75, 3.05) is 11.9 Å². The molecule has 138 valence electrons. The normalized spacial score (nSPS) is 20.6. The Morgan fingerprint density at radius 1 is 1.15 bits per heavy atom. The fourth-order valence-electron chi connectivity index (χ4n) is 3.87. The highest BCUT2D eigenvalue weighted by Crippen LogP contribution is 2.45. The molecule has 6 heteroatoms. The van der Waals surface area contributed by atoms with Crippen molar-refractivity contribution in [1.29, 1.82) is 0 Å². The average Bonchev–Trinajstić information content (AvgIpc) is 3.07. The van der Waals surface area contributed by atoms with Crippen LogP contribution in [0.2, 0.25) is 0 Å². The molecule has 2 atom stereocenters. The third-order valence-electron chi connectivity index (χ3n) is 5.30. The maximum atomic E-state index is 12.3. The first-order valence-electron chi connectivity index (χ1n) is 9.01. The Kier molecular flexibility index (Phi) is 4.52. The number of hydrogen-bond acceptors (Lipinski definition) is 4. The van der Waals surface area contributed by atoms with Crippen molar-refractivity contribution in [2.24, 2.45) is 0 Å². The molecule has 2 aromatic carbocycles. The number of carbonyl (C=O) groups excluding carboxylic acids is 3. The number of likely N-dealkylation sites (tertiary alicyclic amines) is 1. The van der Waals surface area contributed by atoms with Crippen LogP contribution in [0, 0.1) is 0 Å². The summed E-state index contributed by atoms with van der Waals surface area (Å²) in [6.45, 7) is 2.25. The van der Waals surface area contributed by atoms with E-state index < -0.39 is 5.25 Å². The lowest BCUT2D eigenvalue weighted by Crippen LogP contribution is -2.33. The number of rotatable bonds is 4. The van der Waals surface area contributed by atoms with Gasteiger partial charge in [0.2, 0.25) is 17.7 Å². The SMILES string of the molecule is CC1c2ccccc2-c2ccc(NC(=O)CCN3C(=O)CC(S)C3=O)cc21. The maximum absolute atomic E-state index is 12.3. The molecular formula is C21H20N2O3S. The van der Waals surface area contributed by atoms with Crippen molar-refractivity contribution in [3.05, 3.63) is 53.6 Å². The number of thiol groups is 1. The summed E-state index contributed by atoms with van der Waals surface area (Å²) in [5, 5.41) is 2.29. The minimum absolute atomic E-state index is 0.0742. The average molecular weight is 380 g/mol. The largest absolute Gasteiger partial charge is 0.326 e. The molecule has 2 aliphatic rings. The second kappa shape index (κ2) is 6.85. The van der Waals surface area contributed by atoms with Gasteiger partial charge in [-0.25, -0.2) is 0 Å². The van der Waals surface area contributed by atoms with Crippen molar-refractivity contribution in [1.82, 2.24) is 4.90 Å². The fourth-order valence-corrected chi connectivity index (χ4v) is 4.16. The van der Waals surface area contributed by atoms with Gasteiger partial charge >= 0.3 is 0 Å². The summed E-state index contributed by atoms with van der Waals surface area (Å²) in [7, 11) is 0. The highest BCUT2D eigenvalue weighted by Gasteiger charge is 2.36. The monoisotopic (exact) mass is 380 g/mol. The molecule has 1 N–H and O–H groups in total. The number of nitrogens with one attached hydrogen (secondary N) is 1. The second-order valence-corrected chi connectivity index (χ2v) is 7.64. The van der Waals surface area contributed by atoms with E-state index >= 15 is 0 Å². The Morgan fingerprint density at radius 3 is 2.63 bits per heavy atom. The predicted molar refractivity (Wildman–Crippen MR) is 107 cm³/mol. The first-order chi connectivity index (χ1) is 13.0. The van der Waals surface area contributed by atoms with Crippen molar-refractivity contribution in [3.8, 4) is 11.1 Å². The zero-order valence-corrected chi connectivity index (χ0v) is 15.8. The van der Waals surface area contributed by atoms with Crippen molar-refractivity contribution in [2.45, 2.75) is 30.9 Å². The molecule has 2 unspecified atom stereocenters. The molecule has 5 nitrogen and oxygen atoms in total. The van der Waals surface area contributed by atoms with Crippen LogP contribution in [0.1, 0.15) is 36.8 Å². The Morgan fingerprint density at radius 2 is 1.89 bits per heavy atom. The number of amides is 3. The number of hydrogen-bond donors (Lipinski definition) is 2. The van der Waals surface area contributed by atoms with Gasteiger partial charge < -0.3 is 5.32 Å². The lowest BCUT2D eigenvalue weighted by molar-refractivity contribution is -0.138. The van der Waals surface area contributed by atoms with Gasteiger partial charge in [-0.1, -0.05) is 37.3 Å². The molecular weight excluding hydrogens is 360 g/mol. The molecule has 1 heterocycles. The van der Waals surface area contributed by atoms with E-state index in [-0.39, 0.29) is 43.0 Å². The van der Waals surface area contributed by atoms with Gasteiger partial charge in [0.05, 0.1) is 5.25 Å².